The van der Waals surface area contributed by atoms with Gasteiger partial charge in [-0.1, -0.05) is 55.5 Å². The van der Waals surface area contributed by atoms with Crippen LogP contribution in [-0.2, 0) is 20.7 Å². The summed E-state index contributed by atoms with van der Waals surface area (Å²) in [7, 11) is 0. The van der Waals surface area contributed by atoms with E-state index in [9.17, 15) is 19.5 Å². The van der Waals surface area contributed by atoms with Crippen LogP contribution in [0.25, 0.3) is 0 Å². The Labute approximate surface area is 205 Å². The number of phenolic OH excluding ortho intramolecular Hbond substituents is 1. The number of hydrogen-bond acceptors (Lipinski definition) is 6. The Balaban J connectivity index is 1.89. The number of rotatable bonds is 5. The largest absolute Gasteiger partial charge is 0.507 e. The molecule has 0 radical (unpaired) electrons. The van der Waals surface area contributed by atoms with Crippen LogP contribution in [0.15, 0.2) is 73.0 Å². The number of nitrogens with one attached hydrogen (secondary N) is 1. The second kappa shape index (κ2) is 12.6. The molecule has 0 spiro atoms. The number of phenols is 1. The average Bonchev–Trinajstić information content (AvgIpc) is 2.83. The highest BCUT2D eigenvalue weighted by molar-refractivity contribution is 5.94. The highest BCUT2D eigenvalue weighted by atomic mass is 16.6. The first-order valence-corrected chi connectivity index (χ1v) is 11.7. The number of aromatic hydroxyl groups is 1. The Kier molecular flexibility index (Phi) is 9.23. The summed E-state index contributed by atoms with van der Waals surface area (Å²) in [5.74, 6) is -1.49. The molecule has 35 heavy (non-hydrogen) atoms. The number of carbonyl (C=O) groups is 3. The molecule has 0 aromatic heterocycles. The third-order valence-corrected chi connectivity index (χ3v) is 5.82. The molecule has 7 heteroatoms. The normalized spacial score (nSPS) is 21.7. The molecule has 0 saturated heterocycles. The highest BCUT2D eigenvalue weighted by Crippen LogP contribution is 2.28. The Hall–Kier alpha value is -3.87. The molecular formula is C28H31NO6. The van der Waals surface area contributed by atoms with Gasteiger partial charge in [-0.2, -0.15) is 0 Å². The van der Waals surface area contributed by atoms with Crippen molar-refractivity contribution in [2.75, 3.05) is 0 Å². The molecule has 1 heterocycles. The van der Waals surface area contributed by atoms with E-state index in [1.807, 2.05) is 25.1 Å². The van der Waals surface area contributed by atoms with E-state index in [4.69, 9.17) is 9.47 Å². The summed E-state index contributed by atoms with van der Waals surface area (Å²) in [5.41, 5.74) is 1.23. The second-order valence-electron chi connectivity index (χ2n) is 8.61. The summed E-state index contributed by atoms with van der Waals surface area (Å²) < 4.78 is 11.7. The van der Waals surface area contributed by atoms with Crippen molar-refractivity contribution in [3.05, 3.63) is 89.6 Å². The van der Waals surface area contributed by atoms with Gasteiger partial charge < -0.3 is 19.9 Å². The molecule has 2 aromatic carbocycles. The lowest BCUT2D eigenvalue weighted by molar-refractivity contribution is -0.118. The number of ether oxygens (including phenoxy) is 2. The fraction of sp³-hybridized carbons (Fsp3) is 0.321. The van der Waals surface area contributed by atoms with Crippen LogP contribution in [0.3, 0.4) is 0 Å². The lowest BCUT2D eigenvalue weighted by atomic mass is 9.93. The van der Waals surface area contributed by atoms with Gasteiger partial charge in [0.05, 0.1) is 5.56 Å². The Bertz CT molecular complexity index is 1090. The molecule has 1 amide bonds. The van der Waals surface area contributed by atoms with Gasteiger partial charge in [0.1, 0.15) is 23.5 Å². The Morgan fingerprint density at radius 3 is 2.66 bits per heavy atom. The molecule has 0 aliphatic carbocycles. The molecule has 2 N–H and O–H groups in total. The first kappa shape index (κ1) is 25.7. The Morgan fingerprint density at radius 2 is 1.91 bits per heavy atom. The maximum Gasteiger partial charge on any atom is 0.342 e. The molecule has 1 aliphatic rings. The van der Waals surface area contributed by atoms with Crippen molar-refractivity contribution < 1.29 is 29.0 Å². The Morgan fingerprint density at radius 1 is 1.14 bits per heavy atom. The maximum atomic E-state index is 13.1. The van der Waals surface area contributed by atoms with E-state index in [1.165, 1.54) is 19.2 Å². The minimum atomic E-state index is -0.653. The molecule has 3 rings (SSSR count). The topological polar surface area (TPSA) is 102 Å². The number of fused-ring (bicyclic) bond motifs is 1. The van der Waals surface area contributed by atoms with Crippen LogP contribution in [0.2, 0.25) is 0 Å². The lowest BCUT2D eigenvalue weighted by Crippen LogP contribution is -2.32. The fourth-order valence-corrected chi connectivity index (χ4v) is 3.90. The monoisotopic (exact) mass is 477 g/mol. The van der Waals surface area contributed by atoms with Gasteiger partial charge in [-0.3, -0.25) is 4.79 Å². The SMILES string of the molecule is CC(=O)N/C=C/C[C@H]1C[C@@H](OC(=O)c2ccccc2)[C@@H](C)C/C=C/Cc2cccc(O)c2C(=O)O1. The molecule has 3 atom stereocenters. The third-order valence-electron chi connectivity index (χ3n) is 5.82. The smallest absolute Gasteiger partial charge is 0.342 e. The van der Waals surface area contributed by atoms with Crippen LogP contribution in [0, 0.1) is 5.92 Å². The average molecular weight is 478 g/mol. The molecule has 0 saturated carbocycles. The second-order valence-corrected chi connectivity index (χ2v) is 8.61. The summed E-state index contributed by atoms with van der Waals surface area (Å²) in [6.45, 7) is 3.39. The quantitative estimate of drug-likeness (QED) is 0.478. The van der Waals surface area contributed by atoms with Crippen LogP contribution in [0.4, 0.5) is 0 Å². The van der Waals surface area contributed by atoms with E-state index in [-0.39, 0.29) is 36.0 Å². The van der Waals surface area contributed by atoms with Gasteiger partial charge in [0.15, 0.2) is 0 Å². The molecule has 2 aromatic rings. The van der Waals surface area contributed by atoms with Gasteiger partial charge in [0.25, 0.3) is 0 Å². The zero-order valence-electron chi connectivity index (χ0n) is 20.0. The van der Waals surface area contributed by atoms with E-state index >= 15 is 0 Å². The number of hydrogen-bond donors (Lipinski definition) is 2. The van der Waals surface area contributed by atoms with Crippen molar-refractivity contribution in [1.82, 2.24) is 5.32 Å². The van der Waals surface area contributed by atoms with Gasteiger partial charge >= 0.3 is 11.9 Å². The highest BCUT2D eigenvalue weighted by Gasteiger charge is 2.29. The van der Waals surface area contributed by atoms with Crippen molar-refractivity contribution in [2.45, 2.75) is 51.7 Å². The van der Waals surface area contributed by atoms with E-state index < -0.39 is 24.1 Å². The molecule has 1 aliphatic heterocycles. The molecule has 184 valence electrons. The van der Waals surface area contributed by atoms with Gasteiger partial charge in [-0.05, 0) is 48.7 Å². The lowest BCUT2D eigenvalue weighted by Gasteiger charge is -2.28. The van der Waals surface area contributed by atoms with Crippen molar-refractivity contribution in [3.8, 4) is 5.75 Å². The van der Waals surface area contributed by atoms with E-state index in [0.717, 1.165) is 0 Å². The first-order chi connectivity index (χ1) is 16.8. The van der Waals surface area contributed by atoms with Gasteiger partial charge in [0, 0.05) is 19.8 Å². The van der Waals surface area contributed by atoms with Gasteiger partial charge in [-0.15, -0.1) is 0 Å². The number of allylic oxidation sites excluding steroid dienone is 2. The maximum absolute atomic E-state index is 13.1. The van der Waals surface area contributed by atoms with Crippen LogP contribution >= 0.6 is 0 Å². The van der Waals surface area contributed by atoms with Crippen molar-refractivity contribution in [3.63, 3.8) is 0 Å². The number of carbonyl (C=O) groups excluding carboxylic acids is 3. The van der Waals surface area contributed by atoms with Crippen LogP contribution in [0.1, 0.15) is 59.4 Å². The number of cyclic esters (lactones) is 1. The minimum Gasteiger partial charge on any atom is -0.507 e. The predicted octanol–water partition coefficient (Wildman–Crippen LogP) is 4.71. The standard InChI is InChI=1S/C28H31NO6/c1-19-10-6-7-11-21-14-8-16-24(31)26(21)28(33)34-23(15-9-17-29-20(2)30)18-25(19)35-27(32)22-12-4-3-5-13-22/h3-9,12-14,16-17,19,23,25,31H,10-11,15,18H2,1-2H3,(H,29,30)/b7-6+,17-9+/t19-,23-,25+/m0/s1. The van der Waals surface area contributed by atoms with E-state index in [0.29, 0.717) is 24.0 Å². The summed E-state index contributed by atoms with van der Waals surface area (Å²) in [6, 6.07) is 13.7. The number of benzene rings is 2. The van der Waals surface area contributed by atoms with Crippen LogP contribution < -0.4 is 5.32 Å². The van der Waals surface area contributed by atoms with Crippen LogP contribution in [-0.4, -0.2) is 35.2 Å². The predicted molar refractivity (Wildman–Crippen MR) is 132 cm³/mol. The van der Waals surface area contributed by atoms with E-state index in [1.54, 1.807) is 42.5 Å². The van der Waals surface area contributed by atoms with Gasteiger partial charge in [-0.25, -0.2) is 9.59 Å². The summed E-state index contributed by atoms with van der Waals surface area (Å²) >= 11 is 0. The van der Waals surface area contributed by atoms with Crippen molar-refractivity contribution >= 4 is 17.8 Å². The van der Waals surface area contributed by atoms with Crippen molar-refractivity contribution in [1.29, 1.82) is 0 Å². The molecule has 7 nitrogen and oxygen atoms in total. The zero-order chi connectivity index (χ0) is 25.2. The van der Waals surface area contributed by atoms with Crippen molar-refractivity contribution in [2.24, 2.45) is 5.92 Å². The van der Waals surface area contributed by atoms with E-state index in [2.05, 4.69) is 5.32 Å². The first-order valence-electron chi connectivity index (χ1n) is 11.7. The number of amides is 1. The zero-order valence-corrected chi connectivity index (χ0v) is 20.0. The summed E-state index contributed by atoms with van der Waals surface area (Å²) in [5, 5.41) is 12.9. The summed E-state index contributed by atoms with van der Waals surface area (Å²) in [4.78, 5) is 37.1. The molecule has 0 fully saturated rings. The molecule has 0 unspecified atom stereocenters. The summed E-state index contributed by atoms with van der Waals surface area (Å²) in [6.07, 6.45) is 7.60. The minimum absolute atomic E-state index is 0.0393. The molecular weight excluding hydrogens is 446 g/mol. The number of esters is 2. The molecule has 0 bridgehead atoms. The third kappa shape index (κ3) is 7.57. The van der Waals surface area contributed by atoms with Gasteiger partial charge in [0.2, 0.25) is 5.91 Å². The van der Waals surface area contributed by atoms with Crippen LogP contribution in [0.5, 0.6) is 5.75 Å². The fourth-order valence-electron chi connectivity index (χ4n) is 3.90.